The molecule has 3 rings (SSSR count). The van der Waals surface area contributed by atoms with E-state index in [1.165, 1.54) is 0 Å². The molecule has 1 saturated heterocycles. The highest BCUT2D eigenvalue weighted by atomic mass is 16.4. The zero-order valence-electron chi connectivity index (χ0n) is 11.1. The first kappa shape index (κ1) is 12.7. The molecule has 1 aromatic carbocycles. The summed E-state index contributed by atoms with van der Waals surface area (Å²) in [6.07, 6.45) is 1.65. The number of piperidine rings is 1. The maximum atomic E-state index is 11.1. The number of carboxylic acids is 1. The van der Waals surface area contributed by atoms with Crippen LogP contribution >= 0.6 is 0 Å². The van der Waals surface area contributed by atoms with Crippen molar-refractivity contribution < 1.29 is 9.90 Å². The number of aromatic amines is 1. The van der Waals surface area contributed by atoms with Crippen molar-refractivity contribution in [2.24, 2.45) is 5.92 Å². The van der Waals surface area contributed by atoms with Crippen molar-refractivity contribution in [3.8, 4) is 11.3 Å². The standard InChI is InChI=1S/C15H17N3O2/c19-15(20)12-7-4-8-18(10-12)14-9-13(16-17-14)11-5-2-1-3-6-11/h1-3,5-6,9,12H,4,7-8,10H2,(H,16,17)(H,19,20)/t12-/m1/s1. The molecule has 5 nitrogen and oxygen atoms in total. The van der Waals surface area contributed by atoms with E-state index in [9.17, 15) is 4.79 Å². The third-order valence-corrected chi connectivity index (χ3v) is 3.74. The smallest absolute Gasteiger partial charge is 0.308 e. The second-order valence-corrected chi connectivity index (χ2v) is 5.13. The van der Waals surface area contributed by atoms with E-state index in [-0.39, 0.29) is 5.92 Å². The lowest BCUT2D eigenvalue weighted by atomic mass is 9.98. The van der Waals surface area contributed by atoms with Gasteiger partial charge in [-0.3, -0.25) is 9.89 Å². The zero-order chi connectivity index (χ0) is 13.9. The Hall–Kier alpha value is -2.30. The molecule has 0 spiro atoms. The third-order valence-electron chi connectivity index (χ3n) is 3.74. The summed E-state index contributed by atoms with van der Waals surface area (Å²) in [5.41, 5.74) is 2.04. The molecule has 2 heterocycles. The Morgan fingerprint density at radius 2 is 2.15 bits per heavy atom. The molecule has 0 aliphatic carbocycles. The second kappa shape index (κ2) is 5.36. The number of nitrogens with zero attached hydrogens (tertiary/aromatic N) is 2. The number of carbonyl (C=O) groups is 1. The van der Waals surface area contributed by atoms with Crippen LogP contribution in [0, 0.1) is 5.92 Å². The quantitative estimate of drug-likeness (QED) is 0.899. The highest BCUT2D eigenvalue weighted by molar-refractivity contribution is 5.71. The number of carboxylic acid groups (broad SMARTS) is 1. The predicted molar refractivity (Wildman–Crippen MR) is 76.6 cm³/mol. The van der Waals surface area contributed by atoms with Crippen LogP contribution in [0.1, 0.15) is 12.8 Å². The molecule has 1 atom stereocenters. The normalized spacial score (nSPS) is 19.0. The van der Waals surface area contributed by atoms with E-state index in [1.54, 1.807) is 0 Å². The van der Waals surface area contributed by atoms with E-state index in [1.807, 2.05) is 41.3 Å². The van der Waals surface area contributed by atoms with Crippen LogP contribution in [0.4, 0.5) is 5.82 Å². The van der Waals surface area contributed by atoms with E-state index < -0.39 is 5.97 Å². The summed E-state index contributed by atoms with van der Waals surface area (Å²) in [6.45, 7) is 1.40. The lowest BCUT2D eigenvalue weighted by Crippen LogP contribution is -2.38. The number of H-pyrrole nitrogens is 1. The van der Waals surface area contributed by atoms with Gasteiger partial charge >= 0.3 is 5.97 Å². The molecule has 1 aliphatic rings. The SMILES string of the molecule is O=C(O)[C@@H]1CCCN(c2cc(-c3ccccc3)[nH]n2)C1. The summed E-state index contributed by atoms with van der Waals surface area (Å²) >= 11 is 0. The maximum absolute atomic E-state index is 11.1. The molecule has 0 radical (unpaired) electrons. The van der Waals surface area contributed by atoms with Crippen LogP contribution in [0.5, 0.6) is 0 Å². The van der Waals surface area contributed by atoms with Gasteiger partial charge in [0.25, 0.3) is 0 Å². The first-order valence-electron chi connectivity index (χ1n) is 6.82. The molecule has 2 N–H and O–H groups in total. The fraction of sp³-hybridized carbons (Fsp3) is 0.333. The summed E-state index contributed by atoms with van der Waals surface area (Å²) in [5, 5.41) is 16.5. The van der Waals surface area contributed by atoms with E-state index in [4.69, 9.17) is 5.11 Å². The van der Waals surface area contributed by atoms with Gasteiger partial charge < -0.3 is 10.0 Å². The average Bonchev–Trinajstić information content (AvgIpc) is 2.98. The lowest BCUT2D eigenvalue weighted by Gasteiger charge is -2.30. The Kier molecular flexibility index (Phi) is 3.41. The molecular formula is C15H17N3O2. The van der Waals surface area contributed by atoms with Gasteiger partial charge in [0, 0.05) is 19.2 Å². The summed E-state index contributed by atoms with van der Waals surface area (Å²) in [6, 6.07) is 12.0. The van der Waals surface area contributed by atoms with Crippen molar-refractivity contribution in [3.63, 3.8) is 0 Å². The minimum atomic E-state index is -0.714. The van der Waals surface area contributed by atoms with Crippen LogP contribution < -0.4 is 4.90 Å². The van der Waals surface area contributed by atoms with Gasteiger partial charge in [0.2, 0.25) is 0 Å². The molecule has 1 aromatic heterocycles. The predicted octanol–water partition coefficient (Wildman–Crippen LogP) is 2.38. The van der Waals surface area contributed by atoms with Gasteiger partial charge in [-0.15, -0.1) is 0 Å². The molecule has 0 unspecified atom stereocenters. The van der Waals surface area contributed by atoms with Gasteiger partial charge in [-0.25, -0.2) is 0 Å². The van der Waals surface area contributed by atoms with E-state index >= 15 is 0 Å². The van der Waals surface area contributed by atoms with Crippen LogP contribution in [-0.2, 0) is 4.79 Å². The monoisotopic (exact) mass is 271 g/mol. The van der Waals surface area contributed by atoms with E-state index in [0.29, 0.717) is 6.54 Å². The first-order chi connectivity index (χ1) is 9.74. The molecule has 0 bridgehead atoms. The van der Waals surface area contributed by atoms with E-state index in [0.717, 1.165) is 36.5 Å². The van der Waals surface area contributed by atoms with Crippen molar-refractivity contribution in [1.29, 1.82) is 0 Å². The summed E-state index contributed by atoms with van der Waals surface area (Å²) in [7, 11) is 0. The lowest BCUT2D eigenvalue weighted by molar-refractivity contribution is -0.141. The molecule has 1 fully saturated rings. The molecule has 20 heavy (non-hydrogen) atoms. The maximum Gasteiger partial charge on any atom is 0.308 e. The number of anilines is 1. The average molecular weight is 271 g/mol. The fourth-order valence-electron chi connectivity index (χ4n) is 2.63. The summed E-state index contributed by atoms with van der Waals surface area (Å²) in [4.78, 5) is 13.1. The van der Waals surface area contributed by atoms with Crippen molar-refractivity contribution >= 4 is 11.8 Å². The Balaban J connectivity index is 1.78. The Labute approximate surface area is 117 Å². The molecule has 104 valence electrons. The van der Waals surface area contributed by atoms with Crippen molar-refractivity contribution in [2.45, 2.75) is 12.8 Å². The molecule has 1 aliphatic heterocycles. The second-order valence-electron chi connectivity index (χ2n) is 5.13. The van der Waals surface area contributed by atoms with Crippen molar-refractivity contribution in [2.75, 3.05) is 18.0 Å². The number of aliphatic carboxylic acids is 1. The Bertz CT molecular complexity index is 594. The van der Waals surface area contributed by atoms with Gasteiger partial charge in [-0.05, 0) is 18.4 Å². The first-order valence-corrected chi connectivity index (χ1v) is 6.82. The number of benzene rings is 1. The Morgan fingerprint density at radius 1 is 1.35 bits per heavy atom. The summed E-state index contributed by atoms with van der Waals surface area (Å²) < 4.78 is 0. The molecular weight excluding hydrogens is 254 g/mol. The van der Waals surface area contributed by atoms with Crippen LogP contribution in [-0.4, -0.2) is 34.4 Å². The minimum absolute atomic E-state index is 0.291. The van der Waals surface area contributed by atoms with Gasteiger partial charge in [0.05, 0.1) is 11.6 Å². The highest BCUT2D eigenvalue weighted by Gasteiger charge is 2.26. The van der Waals surface area contributed by atoms with Gasteiger partial charge in [0.1, 0.15) is 0 Å². The largest absolute Gasteiger partial charge is 0.481 e. The van der Waals surface area contributed by atoms with Crippen molar-refractivity contribution in [1.82, 2.24) is 10.2 Å². The van der Waals surface area contributed by atoms with Crippen molar-refractivity contribution in [3.05, 3.63) is 36.4 Å². The number of hydrogen-bond acceptors (Lipinski definition) is 3. The highest BCUT2D eigenvalue weighted by Crippen LogP contribution is 2.25. The fourth-order valence-corrected chi connectivity index (χ4v) is 2.63. The van der Waals surface area contributed by atoms with Crippen LogP contribution in [0.3, 0.4) is 0 Å². The zero-order valence-corrected chi connectivity index (χ0v) is 11.1. The third kappa shape index (κ3) is 2.52. The van der Waals surface area contributed by atoms with Crippen LogP contribution in [0.2, 0.25) is 0 Å². The molecule has 0 amide bonds. The number of hydrogen-bond donors (Lipinski definition) is 2. The molecule has 0 saturated carbocycles. The Morgan fingerprint density at radius 3 is 2.90 bits per heavy atom. The van der Waals surface area contributed by atoms with Crippen LogP contribution in [0.15, 0.2) is 36.4 Å². The summed E-state index contributed by atoms with van der Waals surface area (Å²) in [5.74, 6) is -0.177. The number of rotatable bonds is 3. The topological polar surface area (TPSA) is 69.2 Å². The minimum Gasteiger partial charge on any atom is -0.481 e. The van der Waals surface area contributed by atoms with Gasteiger partial charge in [-0.2, -0.15) is 5.10 Å². The van der Waals surface area contributed by atoms with Crippen LogP contribution in [0.25, 0.3) is 11.3 Å². The molecule has 2 aromatic rings. The number of aromatic nitrogens is 2. The number of nitrogens with one attached hydrogen (secondary N) is 1. The van der Waals surface area contributed by atoms with E-state index in [2.05, 4.69) is 10.2 Å². The molecule has 5 heteroatoms. The van der Waals surface area contributed by atoms with Gasteiger partial charge in [-0.1, -0.05) is 30.3 Å². The van der Waals surface area contributed by atoms with Gasteiger partial charge in [0.15, 0.2) is 5.82 Å².